The van der Waals surface area contributed by atoms with E-state index < -0.39 is 0 Å². The van der Waals surface area contributed by atoms with Crippen LogP contribution < -0.4 is 0 Å². The minimum Gasteiger partial charge on any atom is -0.267 e. The van der Waals surface area contributed by atoms with Gasteiger partial charge in [0.05, 0.1) is 0 Å². The molecule has 11 heavy (non-hydrogen) atoms. The second kappa shape index (κ2) is 3.44. The molecule has 0 spiro atoms. The third kappa shape index (κ3) is 1.67. The maximum absolute atomic E-state index is 4.18. The largest absolute Gasteiger partial charge is 0.267 e. The van der Waals surface area contributed by atoms with E-state index in [9.17, 15) is 0 Å². The minimum absolute atomic E-state index is 0.683. The van der Waals surface area contributed by atoms with Crippen molar-refractivity contribution in [1.29, 1.82) is 0 Å². The first kappa shape index (κ1) is 7.41. The number of thioether (sulfide) groups is 1. The van der Waals surface area contributed by atoms with Crippen LogP contribution in [0.1, 0.15) is 25.7 Å². The zero-order valence-electron chi connectivity index (χ0n) is 6.57. The Morgan fingerprint density at radius 1 is 1.27 bits per heavy atom. The lowest BCUT2D eigenvalue weighted by atomic mass is 10.0. The lowest BCUT2D eigenvalue weighted by Crippen LogP contribution is -2.15. The summed E-state index contributed by atoms with van der Waals surface area (Å²) in [5.41, 5.74) is 0. The van der Waals surface area contributed by atoms with E-state index in [0.29, 0.717) is 5.25 Å². The van der Waals surface area contributed by atoms with Crippen LogP contribution in [0.3, 0.4) is 0 Å². The molecule has 2 rings (SSSR count). The van der Waals surface area contributed by atoms with Gasteiger partial charge in [-0.25, -0.2) is 0 Å². The number of hydrogen-bond donors (Lipinski definition) is 0. The second-order valence-electron chi connectivity index (χ2n) is 3.23. The Bertz CT molecular complexity index is 180. The average Bonchev–Trinajstić information content (AvgIpc) is 2.58. The molecule has 1 atom stereocenters. The fourth-order valence-electron chi connectivity index (χ4n) is 1.85. The van der Waals surface area contributed by atoms with Gasteiger partial charge in [0.15, 0.2) is 0 Å². The molecule has 1 heterocycles. The van der Waals surface area contributed by atoms with Crippen molar-refractivity contribution in [2.45, 2.75) is 30.9 Å². The molecule has 0 aromatic carbocycles. The third-order valence-corrected chi connectivity index (χ3v) is 3.58. The van der Waals surface area contributed by atoms with Gasteiger partial charge in [0, 0.05) is 17.7 Å². The molecule has 2 heteroatoms. The summed E-state index contributed by atoms with van der Waals surface area (Å²) in [6, 6.07) is 0. The van der Waals surface area contributed by atoms with Crippen molar-refractivity contribution in [3.63, 3.8) is 0 Å². The maximum atomic E-state index is 4.18. The van der Waals surface area contributed by atoms with E-state index in [1.165, 1.54) is 25.7 Å². The molecule has 0 saturated heterocycles. The van der Waals surface area contributed by atoms with Crippen molar-refractivity contribution in [3.8, 4) is 0 Å². The summed E-state index contributed by atoms with van der Waals surface area (Å²) in [6.45, 7) is 0. The van der Waals surface area contributed by atoms with E-state index in [1.807, 2.05) is 18.0 Å². The van der Waals surface area contributed by atoms with Crippen molar-refractivity contribution < 1.29 is 0 Å². The van der Waals surface area contributed by atoms with E-state index >= 15 is 0 Å². The zero-order valence-corrected chi connectivity index (χ0v) is 7.39. The molecule has 2 aliphatic rings. The molecule has 60 valence electrons. The normalized spacial score (nSPS) is 31.5. The molecule has 0 radical (unpaired) electrons. The number of rotatable bonds is 1. The van der Waals surface area contributed by atoms with Crippen LogP contribution in [0.15, 0.2) is 16.6 Å². The summed E-state index contributed by atoms with van der Waals surface area (Å²) >= 11 is 1.93. The van der Waals surface area contributed by atoms with Gasteiger partial charge in [0.1, 0.15) is 0 Å². The first-order valence-electron chi connectivity index (χ1n) is 4.30. The topological polar surface area (TPSA) is 12.4 Å². The van der Waals surface area contributed by atoms with Crippen LogP contribution in [0.5, 0.6) is 0 Å². The Morgan fingerprint density at radius 2 is 2.09 bits per heavy atom. The van der Waals surface area contributed by atoms with Gasteiger partial charge in [-0.1, -0.05) is 12.8 Å². The van der Waals surface area contributed by atoms with Crippen molar-refractivity contribution in [2.75, 3.05) is 0 Å². The lowest BCUT2D eigenvalue weighted by molar-refractivity contribution is 0.589. The molecule has 0 amide bonds. The number of aliphatic imine (C=N–C) groups is 1. The second-order valence-corrected chi connectivity index (χ2v) is 4.32. The van der Waals surface area contributed by atoms with Gasteiger partial charge in [-0.15, -0.1) is 11.8 Å². The Balaban J connectivity index is 1.94. The highest BCUT2D eigenvalue weighted by atomic mass is 32.2. The van der Waals surface area contributed by atoms with Crippen LogP contribution in [0.2, 0.25) is 0 Å². The van der Waals surface area contributed by atoms with E-state index in [4.69, 9.17) is 0 Å². The van der Waals surface area contributed by atoms with E-state index in [1.54, 1.807) is 0 Å². The fraction of sp³-hybridized carbons (Fsp3) is 0.667. The summed E-state index contributed by atoms with van der Waals surface area (Å²) in [4.78, 5) is 4.18. The molecule has 1 aliphatic carbocycles. The third-order valence-electron chi connectivity index (χ3n) is 2.48. The van der Waals surface area contributed by atoms with Crippen LogP contribution in [0.4, 0.5) is 0 Å². The standard InChI is InChI=1S/C9H13NS/c1-2-4-8(3-1)9-7-10-5-6-11-9/h5-9H,1-4H2. The molecular formula is C9H13NS. The maximum Gasteiger partial charge on any atom is 0.0470 e. The quantitative estimate of drug-likeness (QED) is 0.585. The Labute approximate surface area is 72.0 Å². The molecule has 1 nitrogen and oxygen atoms in total. The predicted octanol–water partition coefficient (Wildman–Crippen LogP) is 2.83. The van der Waals surface area contributed by atoms with Crippen molar-refractivity contribution >= 4 is 18.0 Å². The highest BCUT2D eigenvalue weighted by molar-refractivity contribution is 8.03. The molecule has 0 bridgehead atoms. The molecule has 1 aliphatic heterocycles. The predicted molar refractivity (Wildman–Crippen MR) is 51.0 cm³/mol. The van der Waals surface area contributed by atoms with Gasteiger partial charge in [-0.2, -0.15) is 0 Å². The van der Waals surface area contributed by atoms with Crippen LogP contribution in [-0.4, -0.2) is 11.5 Å². The van der Waals surface area contributed by atoms with Crippen molar-refractivity contribution in [2.24, 2.45) is 10.9 Å². The Morgan fingerprint density at radius 3 is 2.73 bits per heavy atom. The minimum atomic E-state index is 0.683. The Hall–Kier alpha value is -0.240. The number of nitrogens with zero attached hydrogens (tertiary/aromatic N) is 1. The molecule has 0 aromatic heterocycles. The SMILES string of the molecule is C1=CSC(C2CCCC2)C=N1. The average molecular weight is 167 g/mol. The van der Waals surface area contributed by atoms with E-state index in [0.717, 1.165) is 5.92 Å². The molecule has 0 N–H and O–H groups in total. The van der Waals surface area contributed by atoms with Crippen LogP contribution in [-0.2, 0) is 0 Å². The summed E-state index contributed by atoms with van der Waals surface area (Å²) in [5, 5.41) is 2.80. The van der Waals surface area contributed by atoms with Crippen molar-refractivity contribution in [3.05, 3.63) is 11.6 Å². The monoisotopic (exact) mass is 167 g/mol. The van der Waals surface area contributed by atoms with Gasteiger partial charge in [0.25, 0.3) is 0 Å². The highest BCUT2D eigenvalue weighted by Gasteiger charge is 2.23. The molecule has 1 saturated carbocycles. The molecule has 1 fully saturated rings. The fourth-order valence-corrected chi connectivity index (χ4v) is 2.81. The van der Waals surface area contributed by atoms with E-state index in [2.05, 4.69) is 16.6 Å². The van der Waals surface area contributed by atoms with Crippen molar-refractivity contribution in [1.82, 2.24) is 0 Å². The van der Waals surface area contributed by atoms with Gasteiger partial charge in [0.2, 0.25) is 0 Å². The van der Waals surface area contributed by atoms with Crippen LogP contribution in [0, 0.1) is 5.92 Å². The Kier molecular flexibility index (Phi) is 2.32. The molecule has 0 aromatic rings. The van der Waals surface area contributed by atoms with Crippen LogP contribution >= 0.6 is 11.8 Å². The van der Waals surface area contributed by atoms with Gasteiger partial charge >= 0.3 is 0 Å². The lowest BCUT2D eigenvalue weighted by Gasteiger charge is -2.17. The van der Waals surface area contributed by atoms with Gasteiger partial charge in [-0.3, -0.25) is 4.99 Å². The van der Waals surface area contributed by atoms with Crippen LogP contribution in [0.25, 0.3) is 0 Å². The smallest absolute Gasteiger partial charge is 0.0470 e. The molecule has 1 unspecified atom stereocenters. The summed E-state index contributed by atoms with van der Waals surface area (Å²) < 4.78 is 0. The van der Waals surface area contributed by atoms with Gasteiger partial charge < -0.3 is 0 Å². The summed E-state index contributed by atoms with van der Waals surface area (Å²) in [7, 11) is 0. The highest BCUT2D eigenvalue weighted by Crippen LogP contribution is 2.34. The first-order valence-corrected chi connectivity index (χ1v) is 5.25. The van der Waals surface area contributed by atoms with E-state index in [-0.39, 0.29) is 0 Å². The summed E-state index contributed by atoms with van der Waals surface area (Å²) in [5.74, 6) is 0.911. The molecular weight excluding hydrogens is 154 g/mol. The zero-order chi connectivity index (χ0) is 7.52. The van der Waals surface area contributed by atoms with Gasteiger partial charge in [-0.05, 0) is 24.2 Å². The summed E-state index contributed by atoms with van der Waals surface area (Å²) in [6.07, 6.45) is 9.68. The number of hydrogen-bond acceptors (Lipinski definition) is 2. The first-order chi connectivity index (χ1) is 5.47.